The van der Waals surface area contributed by atoms with Crippen molar-refractivity contribution >= 4 is 24.3 Å². The highest BCUT2D eigenvalue weighted by Crippen LogP contribution is 2.32. The average Bonchev–Trinajstić information content (AvgIpc) is 2.93. The fraction of sp³-hybridized carbons (Fsp3) is 0.308. The van der Waals surface area contributed by atoms with E-state index in [1.54, 1.807) is 12.1 Å². The number of nitrogens with one attached hydrogen (secondary N) is 1. The van der Waals surface area contributed by atoms with E-state index in [-0.39, 0.29) is 24.3 Å². The van der Waals surface area contributed by atoms with Crippen molar-refractivity contribution in [3.05, 3.63) is 30.0 Å². The van der Waals surface area contributed by atoms with Crippen LogP contribution in [-0.2, 0) is 6.42 Å². The van der Waals surface area contributed by atoms with Gasteiger partial charge in [-0.25, -0.2) is 0 Å². The average molecular weight is 300 g/mol. The second-order valence-electron chi connectivity index (χ2n) is 4.22. The summed E-state index contributed by atoms with van der Waals surface area (Å²) >= 11 is 0.227. The second-order valence-corrected chi connectivity index (χ2v) is 5.48. The smallest absolute Gasteiger partial charge is 0.0812 e. The van der Waals surface area contributed by atoms with E-state index >= 15 is 0 Å². The van der Waals surface area contributed by atoms with Gasteiger partial charge in [0, 0.05) is 15.4 Å². The summed E-state index contributed by atoms with van der Waals surface area (Å²) in [4.78, 5) is 0.782. The minimum Gasteiger partial charge on any atom is -0.278 e. The molecule has 1 aromatic heterocycles. The van der Waals surface area contributed by atoms with E-state index in [1.165, 1.54) is 6.07 Å². The van der Waals surface area contributed by atoms with Crippen molar-refractivity contribution in [1.82, 2.24) is 10.2 Å². The molecule has 1 heterocycles. The molecule has 0 unspecified atom stereocenters. The van der Waals surface area contributed by atoms with Crippen LogP contribution < -0.4 is 0 Å². The van der Waals surface area contributed by atoms with Crippen LogP contribution in [0.3, 0.4) is 0 Å². The third kappa shape index (κ3) is 3.73. The van der Waals surface area contributed by atoms with Crippen LogP contribution in [0.25, 0.3) is 11.3 Å². The highest BCUT2D eigenvalue weighted by Gasteiger charge is 2.08. The van der Waals surface area contributed by atoms with E-state index in [4.69, 9.17) is 0 Å². The van der Waals surface area contributed by atoms with Gasteiger partial charge >= 0.3 is 0 Å². The van der Waals surface area contributed by atoms with Crippen molar-refractivity contribution in [1.29, 1.82) is 0 Å². The Bertz CT molecular complexity index is 521. The quantitative estimate of drug-likeness (QED) is 0.777. The summed E-state index contributed by atoms with van der Waals surface area (Å²) in [5.41, 5.74) is 2.51. The lowest BCUT2D eigenvalue weighted by Gasteiger charge is -2.02. The molecule has 6 heteroatoms. The minimum absolute atomic E-state index is 0.114. The predicted molar refractivity (Wildman–Crippen MR) is 76.6 cm³/mol. The second kappa shape index (κ2) is 6.96. The molecule has 0 radical (unpaired) electrons. The highest BCUT2D eigenvalue weighted by molar-refractivity contribution is 7.95. The first-order valence-electron chi connectivity index (χ1n) is 6.03. The van der Waals surface area contributed by atoms with Crippen LogP contribution in [0.5, 0.6) is 0 Å². The number of benzene rings is 1. The summed E-state index contributed by atoms with van der Waals surface area (Å²) in [7, 11) is 0. The summed E-state index contributed by atoms with van der Waals surface area (Å²) in [6.07, 6.45) is 3.10. The Kier molecular flexibility index (Phi) is 5.27. The normalized spacial score (nSPS) is 10.9. The molecule has 2 aromatic rings. The van der Waals surface area contributed by atoms with Crippen LogP contribution in [0.1, 0.15) is 25.5 Å². The molecule has 0 saturated heterocycles. The molecule has 0 aliphatic carbocycles. The van der Waals surface area contributed by atoms with Crippen molar-refractivity contribution < 1.29 is 7.77 Å². The Labute approximate surface area is 120 Å². The van der Waals surface area contributed by atoms with E-state index in [0.29, 0.717) is 9.79 Å². The van der Waals surface area contributed by atoms with Gasteiger partial charge in [-0.2, -0.15) is 12.9 Å². The Morgan fingerprint density at radius 3 is 2.37 bits per heavy atom. The van der Waals surface area contributed by atoms with Crippen LogP contribution in [-0.4, -0.2) is 10.2 Å². The van der Waals surface area contributed by atoms with Gasteiger partial charge in [-0.05, 0) is 37.1 Å². The molecule has 1 aromatic carbocycles. The van der Waals surface area contributed by atoms with Gasteiger partial charge in [0.15, 0.2) is 0 Å². The van der Waals surface area contributed by atoms with Gasteiger partial charge in [-0.3, -0.25) is 5.10 Å². The zero-order valence-electron chi connectivity index (χ0n) is 10.5. The molecular weight excluding hydrogens is 286 g/mol. The molecule has 0 bridgehead atoms. The van der Waals surface area contributed by atoms with Gasteiger partial charge in [0.05, 0.1) is 35.7 Å². The molecule has 0 saturated carbocycles. The first-order valence-corrected chi connectivity index (χ1v) is 7.47. The Balaban J connectivity index is 2.27. The summed E-state index contributed by atoms with van der Waals surface area (Å²) in [5.74, 6) is 0. The zero-order valence-corrected chi connectivity index (χ0v) is 12.1. The molecule has 0 spiro atoms. The lowest BCUT2D eigenvalue weighted by molar-refractivity contribution is 0.772. The molecule has 0 atom stereocenters. The molecule has 0 amide bonds. The molecule has 0 aliphatic heterocycles. The molecule has 2 nitrogen and oxygen atoms in total. The molecule has 0 aliphatic rings. The number of aryl methyl sites for hydroxylation is 1. The summed E-state index contributed by atoms with van der Waals surface area (Å²) < 4.78 is 25.3. The van der Waals surface area contributed by atoms with Gasteiger partial charge < -0.3 is 0 Å². The number of H-pyrrole nitrogens is 1. The predicted octanol–water partition coefficient (Wildman–Crippen LogP) is 5.37. The first-order chi connectivity index (χ1) is 9.26. The first kappa shape index (κ1) is 14.4. The SMILES string of the molecule is CCCCc1cc(-c2cc(SF)cc(SF)c2)[nH]n1. The van der Waals surface area contributed by atoms with Crippen molar-refractivity contribution in [2.45, 2.75) is 36.0 Å². The van der Waals surface area contributed by atoms with Crippen LogP contribution in [0.2, 0.25) is 0 Å². The number of rotatable bonds is 6. The number of aromatic nitrogens is 2. The monoisotopic (exact) mass is 300 g/mol. The van der Waals surface area contributed by atoms with E-state index < -0.39 is 0 Å². The Hall–Kier alpha value is -1.01. The van der Waals surface area contributed by atoms with Crippen LogP contribution in [0, 0.1) is 0 Å². The largest absolute Gasteiger partial charge is 0.278 e. The van der Waals surface area contributed by atoms with E-state index in [9.17, 15) is 7.77 Å². The van der Waals surface area contributed by atoms with Crippen LogP contribution in [0.15, 0.2) is 34.1 Å². The summed E-state index contributed by atoms with van der Waals surface area (Å²) in [6, 6.07) is 6.78. The fourth-order valence-electron chi connectivity index (χ4n) is 1.81. The third-order valence-electron chi connectivity index (χ3n) is 2.79. The maximum absolute atomic E-state index is 12.7. The number of halogens is 2. The van der Waals surface area contributed by atoms with Gasteiger partial charge in [0.25, 0.3) is 0 Å². The maximum Gasteiger partial charge on any atom is 0.0812 e. The van der Waals surface area contributed by atoms with E-state index in [1.807, 2.05) is 6.07 Å². The van der Waals surface area contributed by atoms with Crippen molar-refractivity contribution in [3.8, 4) is 11.3 Å². The van der Waals surface area contributed by atoms with Gasteiger partial charge in [-0.1, -0.05) is 13.3 Å². The third-order valence-corrected chi connectivity index (χ3v) is 3.61. The number of nitrogens with zero attached hydrogens (tertiary/aromatic N) is 1. The maximum atomic E-state index is 12.7. The Morgan fingerprint density at radius 2 is 1.79 bits per heavy atom. The minimum atomic E-state index is 0.114. The standard InChI is InChI=1S/C13H14F2N2S2/c1-2-3-4-10-7-13(17-16-10)9-5-11(18-14)8-12(6-9)19-15/h5-8H,2-4H2,1H3,(H,16,17). The number of hydrogen-bond acceptors (Lipinski definition) is 3. The summed E-state index contributed by atoms with van der Waals surface area (Å²) in [5, 5.41) is 7.14. The Morgan fingerprint density at radius 1 is 1.11 bits per heavy atom. The highest BCUT2D eigenvalue weighted by atomic mass is 32.2. The fourth-order valence-corrected chi connectivity index (χ4v) is 2.57. The van der Waals surface area contributed by atoms with Gasteiger partial charge in [-0.15, -0.1) is 0 Å². The zero-order chi connectivity index (χ0) is 13.7. The van der Waals surface area contributed by atoms with Crippen molar-refractivity contribution in [2.24, 2.45) is 0 Å². The summed E-state index contributed by atoms with van der Waals surface area (Å²) in [6.45, 7) is 2.13. The molecule has 2 rings (SSSR count). The van der Waals surface area contributed by atoms with Crippen molar-refractivity contribution in [2.75, 3.05) is 0 Å². The lowest BCUT2D eigenvalue weighted by atomic mass is 10.1. The lowest BCUT2D eigenvalue weighted by Crippen LogP contribution is -1.83. The van der Waals surface area contributed by atoms with E-state index in [0.717, 1.165) is 36.2 Å². The molecule has 1 N–H and O–H groups in total. The van der Waals surface area contributed by atoms with Gasteiger partial charge in [0.2, 0.25) is 0 Å². The van der Waals surface area contributed by atoms with Crippen molar-refractivity contribution in [3.63, 3.8) is 0 Å². The van der Waals surface area contributed by atoms with Crippen LogP contribution in [0.4, 0.5) is 7.77 Å². The molecule has 19 heavy (non-hydrogen) atoms. The van der Waals surface area contributed by atoms with Crippen LogP contribution >= 0.6 is 24.3 Å². The number of hydrogen-bond donors (Lipinski definition) is 1. The molecular formula is C13H14F2N2S2. The molecule has 102 valence electrons. The number of aromatic amines is 1. The van der Waals surface area contributed by atoms with E-state index in [2.05, 4.69) is 17.1 Å². The molecule has 0 fully saturated rings. The topological polar surface area (TPSA) is 28.7 Å². The number of unbranched alkanes of at least 4 members (excludes halogenated alkanes) is 1. The van der Waals surface area contributed by atoms with Gasteiger partial charge in [0.1, 0.15) is 0 Å².